The van der Waals surface area contributed by atoms with Gasteiger partial charge in [-0.05, 0) is 62.8 Å². The van der Waals surface area contributed by atoms with Gasteiger partial charge in [-0.2, -0.15) is 5.26 Å². The molecule has 1 unspecified atom stereocenters. The first-order chi connectivity index (χ1) is 9.08. The molecule has 4 nitrogen and oxygen atoms in total. The predicted molar refractivity (Wildman–Crippen MR) is 70.2 cm³/mol. The van der Waals surface area contributed by atoms with E-state index in [-0.39, 0.29) is 0 Å². The molecule has 0 radical (unpaired) electrons. The number of hydrogen-bond donors (Lipinski definition) is 1. The highest BCUT2D eigenvalue weighted by Crippen LogP contribution is 2.54. The topological polar surface area (TPSA) is 64.3 Å². The van der Waals surface area contributed by atoms with E-state index in [0.29, 0.717) is 12.6 Å². The van der Waals surface area contributed by atoms with E-state index in [1.807, 2.05) is 13.1 Å². The molecular formula is C15H22N2O2. The lowest BCUT2D eigenvalue weighted by molar-refractivity contribution is -0.141. The van der Waals surface area contributed by atoms with Crippen LogP contribution in [0.1, 0.15) is 32.1 Å². The minimum absolute atomic E-state index is 0.374. The van der Waals surface area contributed by atoms with Gasteiger partial charge >= 0.3 is 5.97 Å². The molecule has 0 aromatic heterocycles. The molecule has 4 bridgehead atoms. The first-order valence-corrected chi connectivity index (χ1v) is 7.41. The third-order valence-electron chi connectivity index (χ3n) is 5.61. The number of aliphatic carboxylic acids is 1. The fraction of sp³-hybridized carbons (Fsp3) is 0.867. The first kappa shape index (κ1) is 12.9. The number of rotatable bonds is 4. The minimum Gasteiger partial charge on any atom is -0.480 e. The van der Waals surface area contributed by atoms with Crippen molar-refractivity contribution in [2.45, 2.75) is 38.1 Å². The maximum Gasteiger partial charge on any atom is 0.322 e. The molecule has 4 aliphatic carbocycles. The maximum absolute atomic E-state index is 11.0. The summed E-state index contributed by atoms with van der Waals surface area (Å²) in [6, 6.07) is 2.43. The zero-order valence-electron chi connectivity index (χ0n) is 11.5. The van der Waals surface area contributed by atoms with Crippen LogP contribution in [-0.2, 0) is 4.79 Å². The summed E-state index contributed by atoms with van der Waals surface area (Å²) in [7, 11) is 2.01. The molecule has 0 aromatic rings. The van der Waals surface area contributed by atoms with Crippen LogP contribution in [-0.4, -0.2) is 35.6 Å². The molecule has 0 amide bonds. The second-order valence-corrected chi connectivity index (χ2v) is 6.88. The quantitative estimate of drug-likeness (QED) is 0.841. The van der Waals surface area contributed by atoms with Crippen molar-refractivity contribution in [1.82, 2.24) is 4.90 Å². The summed E-state index contributed by atoms with van der Waals surface area (Å²) >= 11 is 0. The molecule has 4 saturated carbocycles. The Morgan fingerprint density at radius 1 is 1.26 bits per heavy atom. The van der Waals surface area contributed by atoms with Crippen LogP contribution >= 0.6 is 0 Å². The summed E-state index contributed by atoms with van der Waals surface area (Å²) in [6.45, 7) is 0.374. The summed E-state index contributed by atoms with van der Waals surface area (Å²) in [4.78, 5) is 13.2. The molecule has 0 spiro atoms. The lowest BCUT2D eigenvalue weighted by atomic mass is 9.54. The number of carboxylic acid groups (broad SMARTS) is 1. The van der Waals surface area contributed by atoms with Crippen LogP contribution in [0.4, 0.5) is 0 Å². The van der Waals surface area contributed by atoms with Crippen molar-refractivity contribution in [3.8, 4) is 6.07 Å². The van der Waals surface area contributed by atoms with E-state index in [1.165, 1.54) is 32.1 Å². The number of nitrogens with zero attached hydrogens (tertiary/aromatic N) is 2. The Bertz CT molecular complexity index is 387. The number of nitriles is 1. The Balaban J connectivity index is 1.69. The largest absolute Gasteiger partial charge is 0.480 e. The first-order valence-electron chi connectivity index (χ1n) is 7.41. The monoisotopic (exact) mass is 262 g/mol. The zero-order valence-corrected chi connectivity index (χ0v) is 11.5. The fourth-order valence-corrected chi connectivity index (χ4v) is 5.20. The zero-order chi connectivity index (χ0) is 13.6. The van der Waals surface area contributed by atoms with Gasteiger partial charge in [-0.1, -0.05) is 0 Å². The summed E-state index contributed by atoms with van der Waals surface area (Å²) < 4.78 is 0. The van der Waals surface area contributed by atoms with Gasteiger partial charge in [0.15, 0.2) is 5.92 Å². The molecule has 19 heavy (non-hydrogen) atoms. The van der Waals surface area contributed by atoms with Crippen LogP contribution in [0.2, 0.25) is 0 Å². The molecule has 1 N–H and O–H groups in total. The lowest BCUT2D eigenvalue weighted by Gasteiger charge is -2.56. The maximum atomic E-state index is 11.0. The summed E-state index contributed by atoms with van der Waals surface area (Å²) in [5.74, 6) is 1.47. The standard InChI is InChI=1S/C15H22N2O2/c1-17(8-13(7-16)15(18)19)14-11-3-9-2-10(5-11)6-12(14)4-9/h9-14H,2-6,8H2,1H3,(H,18,19). The van der Waals surface area contributed by atoms with Gasteiger partial charge in [0.05, 0.1) is 6.07 Å². The van der Waals surface area contributed by atoms with Crippen LogP contribution in [0.25, 0.3) is 0 Å². The van der Waals surface area contributed by atoms with Crippen molar-refractivity contribution >= 4 is 5.97 Å². The average Bonchev–Trinajstić information content (AvgIpc) is 2.34. The van der Waals surface area contributed by atoms with E-state index in [4.69, 9.17) is 10.4 Å². The smallest absolute Gasteiger partial charge is 0.322 e. The Kier molecular flexibility index (Phi) is 3.26. The van der Waals surface area contributed by atoms with Crippen LogP contribution in [0, 0.1) is 40.9 Å². The molecule has 0 aromatic carbocycles. The minimum atomic E-state index is -0.988. The summed E-state index contributed by atoms with van der Waals surface area (Å²) in [5.41, 5.74) is 0. The highest BCUT2D eigenvalue weighted by atomic mass is 16.4. The van der Waals surface area contributed by atoms with Crippen molar-refractivity contribution in [3.05, 3.63) is 0 Å². The SMILES string of the molecule is CN(CC(C#N)C(=O)O)C1C2CC3CC(C2)CC1C3. The third kappa shape index (κ3) is 2.25. The summed E-state index contributed by atoms with van der Waals surface area (Å²) in [6.07, 6.45) is 6.73. The second kappa shape index (κ2) is 4.79. The molecule has 4 heteroatoms. The lowest BCUT2D eigenvalue weighted by Crippen LogP contribution is -2.55. The van der Waals surface area contributed by atoms with Gasteiger partial charge in [0, 0.05) is 12.6 Å². The van der Waals surface area contributed by atoms with Crippen LogP contribution in [0.5, 0.6) is 0 Å². The van der Waals surface area contributed by atoms with Crippen molar-refractivity contribution in [1.29, 1.82) is 5.26 Å². The Hall–Kier alpha value is -1.08. The molecule has 4 rings (SSSR count). The highest BCUT2D eigenvalue weighted by Gasteiger charge is 2.49. The molecule has 104 valence electrons. The fourth-order valence-electron chi connectivity index (χ4n) is 5.20. The molecule has 0 heterocycles. The number of carbonyl (C=O) groups is 1. The van der Waals surface area contributed by atoms with E-state index in [1.54, 1.807) is 0 Å². The van der Waals surface area contributed by atoms with E-state index in [9.17, 15) is 4.79 Å². The number of hydrogen-bond acceptors (Lipinski definition) is 3. The molecular weight excluding hydrogens is 240 g/mol. The molecule has 4 aliphatic rings. The van der Waals surface area contributed by atoms with Crippen molar-refractivity contribution in [3.63, 3.8) is 0 Å². The Labute approximate surface area is 114 Å². The molecule has 4 fully saturated rings. The summed E-state index contributed by atoms with van der Waals surface area (Å²) in [5, 5.41) is 18.0. The van der Waals surface area contributed by atoms with Crippen molar-refractivity contribution < 1.29 is 9.90 Å². The van der Waals surface area contributed by atoms with Gasteiger partial charge in [0.2, 0.25) is 0 Å². The van der Waals surface area contributed by atoms with Gasteiger partial charge in [0.25, 0.3) is 0 Å². The van der Waals surface area contributed by atoms with Gasteiger partial charge < -0.3 is 10.0 Å². The highest BCUT2D eigenvalue weighted by molar-refractivity contribution is 5.73. The molecule has 1 atom stereocenters. The average molecular weight is 262 g/mol. The van der Waals surface area contributed by atoms with Crippen LogP contribution in [0.3, 0.4) is 0 Å². The van der Waals surface area contributed by atoms with E-state index in [2.05, 4.69) is 4.90 Å². The van der Waals surface area contributed by atoms with E-state index >= 15 is 0 Å². The van der Waals surface area contributed by atoms with Gasteiger partial charge in [0.1, 0.15) is 0 Å². The van der Waals surface area contributed by atoms with Crippen LogP contribution < -0.4 is 0 Å². The van der Waals surface area contributed by atoms with E-state index in [0.717, 1.165) is 23.7 Å². The predicted octanol–water partition coefficient (Wildman–Crippen LogP) is 1.97. The van der Waals surface area contributed by atoms with E-state index < -0.39 is 11.9 Å². The third-order valence-corrected chi connectivity index (χ3v) is 5.61. The van der Waals surface area contributed by atoms with Gasteiger partial charge in [-0.3, -0.25) is 4.79 Å². The molecule has 0 saturated heterocycles. The number of carboxylic acids is 1. The second-order valence-electron chi connectivity index (χ2n) is 6.88. The Morgan fingerprint density at radius 2 is 1.79 bits per heavy atom. The van der Waals surface area contributed by atoms with Crippen molar-refractivity contribution in [2.24, 2.45) is 29.6 Å². The van der Waals surface area contributed by atoms with Crippen molar-refractivity contribution in [2.75, 3.05) is 13.6 Å². The van der Waals surface area contributed by atoms with Gasteiger partial charge in [-0.25, -0.2) is 0 Å². The Morgan fingerprint density at radius 3 is 2.21 bits per heavy atom. The molecule has 0 aliphatic heterocycles. The normalized spacial score (nSPS) is 41.2. The van der Waals surface area contributed by atoms with Crippen LogP contribution in [0.15, 0.2) is 0 Å². The van der Waals surface area contributed by atoms with Gasteiger partial charge in [-0.15, -0.1) is 0 Å².